The summed E-state index contributed by atoms with van der Waals surface area (Å²) in [5.74, 6) is 0. The van der Waals surface area contributed by atoms with Crippen molar-refractivity contribution < 1.29 is 13.2 Å². The molecule has 1 aliphatic carbocycles. The van der Waals surface area contributed by atoms with E-state index in [4.69, 9.17) is 0 Å². The zero-order chi connectivity index (χ0) is 15.6. The lowest BCUT2D eigenvalue weighted by Crippen LogP contribution is -2.50. The summed E-state index contributed by atoms with van der Waals surface area (Å²) in [6, 6.07) is 1.51. The van der Waals surface area contributed by atoms with Gasteiger partial charge in [-0.1, -0.05) is 0 Å². The molecule has 7 heteroatoms. The predicted octanol–water partition coefficient (Wildman–Crippen LogP) is 2.43. The Labute approximate surface area is 126 Å². The third-order valence-corrected chi connectivity index (χ3v) is 4.04. The molecule has 4 nitrogen and oxygen atoms in total. The molecule has 118 valence electrons. The Hall–Kier alpha value is -1.89. The third kappa shape index (κ3) is 3.47. The Morgan fingerprint density at radius 1 is 1.32 bits per heavy atom. The number of rotatable bonds is 4. The molecular formula is C15H17F3N4. The topological polar surface area (TPSA) is 53.6 Å². The number of alkyl halides is 3. The molecular weight excluding hydrogens is 293 g/mol. The van der Waals surface area contributed by atoms with Crippen molar-refractivity contribution in [1.29, 1.82) is 0 Å². The summed E-state index contributed by atoms with van der Waals surface area (Å²) in [5, 5.41) is 9.63. The quantitative estimate of drug-likeness (QED) is 0.912. The second kappa shape index (κ2) is 6.08. The maximum Gasteiger partial charge on any atom is 0.404 e. The van der Waals surface area contributed by atoms with Crippen LogP contribution in [-0.2, 0) is 19.3 Å². The van der Waals surface area contributed by atoms with Gasteiger partial charge in [-0.3, -0.25) is 10.1 Å². The summed E-state index contributed by atoms with van der Waals surface area (Å²) in [7, 11) is 0. The molecule has 2 atom stereocenters. The molecule has 0 saturated carbocycles. The largest absolute Gasteiger partial charge is 0.404 e. The highest BCUT2D eigenvalue weighted by Gasteiger charge is 2.41. The number of halogens is 3. The first-order chi connectivity index (χ1) is 10.5. The smallest absolute Gasteiger partial charge is 0.303 e. The van der Waals surface area contributed by atoms with Crippen molar-refractivity contribution in [1.82, 2.24) is 20.5 Å². The fourth-order valence-corrected chi connectivity index (χ4v) is 2.87. The van der Waals surface area contributed by atoms with Crippen LogP contribution >= 0.6 is 0 Å². The standard InChI is InChI=1S/C15H17F3N4/c16-15(17,18)14(7-10-3-5-19-6-4-10)21-12-1-2-13-11(8-12)9-20-22-13/h3-6,9,12,14,21H,1-2,7-8H2,(H,20,22)/t12-,14+/m1/s1. The molecule has 22 heavy (non-hydrogen) atoms. The van der Waals surface area contributed by atoms with Crippen molar-refractivity contribution in [2.45, 2.75) is 43.9 Å². The molecule has 0 bridgehead atoms. The molecule has 0 unspecified atom stereocenters. The van der Waals surface area contributed by atoms with Gasteiger partial charge in [-0.05, 0) is 48.9 Å². The lowest BCUT2D eigenvalue weighted by molar-refractivity contribution is -0.157. The van der Waals surface area contributed by atoms with E-state index in [1.165, 1.54) is 12.4 Å². The van der Waals surface area contributed by atoms with Crippen molar-refractivity contribution in [3.05, 3.63) is 47.5 Å². The number of aromatic amines is 1. The van der Waals surface area contributed by atoms with Crippen LogP contribution in [0.3, 0.4) is 0 Å². The van der Waals surface area contributed by atoms with E-state index in [0.29, 0.717) is 18.4 Å². The zero-order valence-electron chi connectivity index (χ0n) is 11.9. The van der Waals surface area contributed by atoms with Crippen LogP contribution in [-0.4, -0.2) is 33.4 Å². The molecule has 0 saturated heterocycles. The molecule has 3 rings (SSSR count). The van der Waals surface area contributed by atoms with Crippen molar-refractivity contribution in [3.8, 4) is 0 Å². The van der Waals surface area contributed by atoms with Gasteiger partial charge in [0.05, 0.1) is 6.20 Å². The summed E-state index contributed by atoms with van der Waals surface area (Å²) >= 11 is 0. The van der Waals surface area contributed by atoms with E-state index < -0.39 is 12.2 Å². The van der Waals surface area contributed by atoms with Gasteiger partial charge in [-0.15, -0.1) is 0 Å². The van der Waals surface area contributed by atoms with Gasteiger partial charge in [0.2, 0.25) is 0 Å². The maximum absolute atomic E-state index is 13.3. The number of hydrogen-bond acceptors (Lipinski definition) is 3. The Bertz CT molecular complexity index is 609. The summed E-state index contributed by atoms with van der Waals surface area (Å²) in [5.41, 5.74) is 2.67. The second-order valence-corrected chi connectivity index (χ2v) is 5.63. The van der Waals surface area contributed by atoms with E-state index >= 15 is 0 Å². The normalized spacial score (nSPS) is 19.7. The van der Waals surface area contributed by atoms with Crippen LogP contribution in [0.4, 0.5) is 13.2 Å². The van der Waals surface area contributed by atoms with Crippen LogP contribution in [0.1, 0.15) is 23.2 Å². The van der Waals surface area contributed by atoms with Crippen molar-refractivity contribution in [2.75, 3.05) is 0 Å². The average molecular weight is 310 g/mol. The Morgan fingerprint density at radius 3 is 2.82 bits per heavy atom. The molecule has 0 amide bonds. The van der Waals surface area contributed by atoms with Gasteiger partial charge in [0.25, 0.3) is 0 Å². The summed E-state index contributed by atoms with van der Waals surface area (Å²) < 4.78 is 39.9. The number of pyridine rings is 1. The molecule has 2 heterocycles. The zero-order valence-corrected chi connectivity index (χ0v) is 11.9. The number of nitrogens with zero attached hydrogens (tertiary/aromatic N) is 2. The van der Waals surface area contributed by atoms with E-state index in [9.17, 15) is 13.2 Å². The minimum Gasteiger partial charge on any atom is -0.303 e. The highest BCUT2D eigenvalue weighted by atomic mass is 19.4. The molecule has 1 aliphatic rings. The number of hydrogen-bond donors (Lipinski definition) is 2. The van der Waals surface area contributed by atoms with Gasteiger partial charge >= 0.3 is 6.18 Å². The first-order valence-electron chi connectivity index (χ1n) is 7.25. The molecule has 0 spiro atoms. The second-order valence-electron chi connectivity index (χ2n) is 5.63. The average Bonchev–Trinajstić information content (AvgIpc) is 2.94. The molecule has 0 aliphatic heterocycles. The van der Waals surface area contributed by atoms with Crippen molar-refractivity contribution in [3.63, 3.8) is 0 Å². The molecule has 2 aromatic rings. The predicted molar refractivity (Wildman–Crippen MR) is 75.3 cm³/mol. The van der Waals surface area contributed by atoms with Crippen LogP contribution in [0, 0.1) is 0 Å². The van der Waals surface area contributed by atoms with Gasteiger partial charge in [-0.2, -0.15) is 18.3 Å². The van der Waals surface area contributed by atoms with E-state index in [1.807, 2.05) is 0 Å². The van der Waals surface area contributed by atoms with Crippen molar-refractivity contribution in [2.24, 2.45) is 0 Å². The summed E-state index contributed by atoms with van der Waals surface area (Å²) in [6.07, 6.45) is 2.36. The van der Waals surface area contributed by atoms with Gasteiger partial charge in [-0.25, -0.2) is 0 Å². The van der Waals surface area contributed by atoms with Crippen LogP contribution in [0.5, 0.6) is 0 Å². The maximum atomic E-state index is 13.3. The van der Waals surface area contributed by atoms with Gasteiger partial charge in [0, 0.05) is 24.1 Å². The lowest BCUT2D eigenvalue weighted by atomic mass is 9.92. The fourth-order valence-electron chi connectivity index (χ4n) is 2.87. The highest BCUT2D eigenvalue weighted by Crippen LogP contribution is 2.26. The van der Waals surface area contributed by atoms with Gasteiger partial charge in [0.15, 0.2) is 0 Å². The molecule has 2 aromatic heterocycles. The van der Waals surface area contributed by atoms with E-state index in [2.05, 4.69) is 20.5 Å². The number of aryl methyl sites for hydroxylation is 1. The Kier molecular flexibility index (Phi) is 4.15. The Balaban J connectivity index is 1.69. The SMILES string of the molecule is FC(F)(F)[C@H](Cc1ccncc1)N[C@@H]1CCc2[nH]ncc2C1. The number of H-pyrrole nitrogens is 1. The van der Waals surface area contributed by atoms with Crippen LogP contribution < -0.4 is 5.32 Å². The number of nitrogens with one attached hydrogen (secondary N) is 2. The van der Waals surface area contributed by atoms with Crippen molar-refractivity contribution >= 4 is 0 Å². The first-order valence-corrected chi connectivity index (χ1v) is 7.25. The minimum atomic E-state index is -4.28. The fraction of sp³-hybridized carbons (Fsp3) is 0.467. The van der Waals surface area contributed by atoms with E-state index in [0.717, 1.165) is 17.7 Å². The molecule has 2 N–H and O–H groups in total. The molecule has 0 fully saturated rings. The third-order valence-electron chi connectivity index (χ3n) is 4.04. The van der Waals surface area contributed by atoms with Gasteiger partial charge in [0.1, 0.15) is 6.04 Å². The van der Waals surface area contributed by atoms with E-state index in [1.54, 1.807) is 18.3 Å². The highest BCUT2D eigenvalue weighted by molar-refractivity contribution is 5.21. The lowest BCUT2D eigenvalue weighted by Gasteiger charge is -2.29. The number of fused-ring (bicyclic) bond motifs is 1. The van der Waals surface area contributed by atoms with Crippen LogP contribution in [0.25, 0.3) is 0 Å². The first kappa shape index (κ1) is 15.0. The minimum absolute atomic E-state index is 0.0826. The molecule has 0 radical (unpaired) electrons. The van der Waals surface area contributed by atoms with Crippen LogP contribution in [0.2, 0.25) is 0 Å². The van der Waals surface area contributed by atoms with Crippen LogP contribution in [0.15, 0.2) is 30.7 Å². The monoisotopic (exact) mass is 310 g/mol. The summed E-state index contributed by atoms with van der Waals surface area (Å²) in [4.78, 5) is 3.84. The van der Waals surface area contributed by atoms with Gasteiger partial charge < -0.3 is 5.32 Å². The Morgan fingerprint density at radius 2 is 2.09 bits per heavy atom. The number of aromatic nitrogens is 3. The molecule has 0 aromatic carbocycles. The summed E-state index contributed by atoms with van der Waals surface area (Å²) in [6.45, 7) is 0. The van der Waals surface area contributed by atoms with E-state index in [-0.39, 0.29) is 12.5 Å².